The van der Waals surface area contributed by atoms with Crippen molar-refractivity contribution in [1.29, 1.82) is 0 Å². The van der Waals surface area contributed by atoms with Gasteiger partial charge >= 0.3 is 6.03 Å². The van der Waals surface area contributed by atoms with E-state index in [9.17, 15) is 9.59 Å². The van der Waals surface area contributed by atoms with Crippen molar-refractivity contribution in [2.75, 3.05) is 4.90 Å². The van der Waals surface area contributed by atoms with Crippen molar-refractivity contribution in [3.8, 4) is 5.75 Å². The molecule has 0 spiro atoms. The van der Waals surface area contributed by atoms with Crippen LogP contribution in [0.25, 0.3) is 6.08 Å². The minimum atomic E-state index is -0.475. The van der Waals surface area contributed by atoms with Gasteiger partial charge in [0, 0.05) is 15.6 Å². The third-order valence-corrected chi connectivity index (χ3v) is 6.80. The van der Waals surface area contributed by atoms with Crippen LogP contribution in [0.15, 0.2) is 66.4 Å². The van der Waals surface area contributed by atoms with Crippen molar-refractivity contribution in [3.05, 3.63) is 94.7 Å². The summed E-state index contributed by atoms with van der Waals surface area (Å²) in [5.74, 6) is 0.316. The molecule has 9 heteroatoms. The van der Waals surface area contributed by atoms with Gasteiger partial charge in [-0.15, -0.1) is 0 Å². The molecule has 3 aromatic carbocycles. The van der Waals surface area contributed by atoms with Crippen molar-refractivity contribution in [3.63, 3.8) is 0 Å². The summed E-state index contributed by atoms with van der Waals surface area (Å²) in [7, 11) is 0. The standard InChI is InChI=1S/C23H14Cl2I2N2O3/c24-15-7-6-14(17(25)11-15)12-32-21-18(26)8-13(9-19(21)27)10-20-22(30)29(23(31)28-20)16-4-2-1-3-5-16/h1-11H,12H2,(H,28,31)/b20-10+. The lowest BCUT2D eigenvalue weighted by Gasteiger charge is -2.13. The van der Waals surface area contributed by atoms with E-state index in [1.807, 2.05) is 24.3 Å². The number of anilines is 1. The van der Waals surface area contributed by atoms with Gasteiger partial charge in [-0.3, -0.25) is 4.79 Å². The van der Waals surface area contributed by atoms with E-state index in [4.69, 9.17) is 27.9 Å². The van der Waals surface area contributed by atoms with Crippen molar-refractivity contribution >= 4 is 92.1 Å². The third kappa shape index (κ3) is 5.05. The Morgan fingerprint density at radius 1 is 0.969 bits per heavy atom. The van der Waals surface area contributed by atoms with E-state index in [-0.39, 0.29) is 5.70 Å². The number of imide groups is 1. The number of para-hydroxylation sites is 1. The zero-order chi connectivity index (χ0) is 22.8. The highest BCUT2D eigenvalue weighted by Gasteiger charge is 2.34. The molecular weight excluding hydrogens is 677 g/mol. The van der Waals surface area contributed by atoms with Crippen LogP contribution in [0.1, 0.15) is 11.1 Å². The Bertz CT molecular complexity index is 1230. The molecule has 1 heterocycles. The first kappa shape index (κ1) is 23.3. The lowest BCUT2D eigenvalue weighted by atomic mass is 10.1. The maximum absolute atomic E-state index is 12.8. The van der Waals surface area contributed by atoms with E-state index in [1.165, 1.54) is 0 Å². The molecule has 0 aliphatic carbocycles. The van der Waals surface area contributed by atoms with Crippen LogP contribution in [0.5, 0.6) is 5.75 Å². The number of ether oxygens (including phenoxy) is 1. The van der Waals surface area contributed by atoms with Crippen LogP contribution in [0, 0.1) is 7.14 Å². The van der Waals surface area contributed by atoms with Crippen molar-refractivity contribution in [2.45, 2.75) is 6.61 Å². The van der Waals surface area contributed by atoms with Crippen LogP contribution in [-0.2, 0) is 11.4 Å². The minimum Gasteiger partial charge on any atom is -0.487 e. The van der Waals surface area contributed by atoms with Crippen molar-refractivity contribution < 1.29 is 14.3 Å². The molecule has 3 amide bonds. The van der Waals surface area contributed by atoms with E-state index in [2.05, 4.69) is 50.5 Å². The summed E-state index contributed by atoms with van der Waals surface area (Å²) < 4.78 is 7.73. The summed E-state index contributed by atoms with van der Waals surface area (Å²) in [5.41, 5.74) is 2.34. The van der Waals surface area contributed by atoms with Crippen LogP contribution in [0.3, 0.4) is 0 Å². The number of benzene rings is 3. The molecule has 0 unspecified atom stereocenters. The Morgan fingerprint density at radius 3 is 2.31 bits per heavy atom. The number of urea groups is 1. The second-order valence-electron chi connectivity index (χ2n) is 6.80. The molecule has 1 aliphatic heterocycles. The lowest BCUT2D eigenvalue weighted by Crippen LogP contribution is -2.30. The van der Waals surface area contributed by atoms with Gasteiger partial charge in [-0.05, 0) is 93.2 Å². The molecule has 1 fully saturated rings. The smallest absolute Gasteiger partial charge is 0.333 e. The molecule has 4 rings (SSSR count). The predicted molar refractivity (Wildman–Crippen MR) is 143 cm³/mol. The summed E-state index contributed by atoms with van der Waals surface area (Å²) in [6.45, 7) is 0.295. The molecule has 0 atom stereocenters. The molecule has 162 valence electrons. The highest BCUT2D eigenvalue weighted by molar-refractivity contribution is 14.1. The number of nitrogens with one attached hydrogen (secondary N) is 1. The van der Waals surface area contributed by atoms with Crippen LogP contribution in [0.2, 0.25) is 10.0 Å². The Hall–Kier alpha value is -1.82. The molecule has 0 aromatic heterocycles. The number of hydrogen-bond donors (Lipinski definition) is 1. The Balaban J connectivity index is 1.55. The molecule has 1 saturated heterocycles. The topological polar surface area (TPSA) is 58.6 Å². The third-order valence-electron chi connectivity index (χ3n) is 4.61. The molecule has 3 aromatic rings. The van der Waals surface area contributed by atoms with Gasteiger partial charge in [0.2, 0.25) is 0 Å². The van der Waals surface area contributed by atoms with Crippen molar-refractivity contribution in [2.24, 2.45) is 0 Å². The van der Waals surface area contributed by atoms with E-state index in [0.717, 1.165) is 23.2 Å². The molecule has 32 heavy (non-hydrogen) atoms. The number of hydrogen-bond acceptors (Lipinski definition) is 3. The monoisotopic (exact) mass is 690 g/mol. The molecule has 1 aliphatic rings. The highest BCUT2D eigenvalue weighted by Crippen LogP contribution is 2.32. The molecule has 0 bridgehead atoms. The van der Waals surface area contributed by atoms with Gasteiger partial charge in [-0.2, -0.15) is 0 Å². The average Bonchev–Trinajstić information content (AvgIpc) is 3.02. The number of halogens is 4. The van der Waals surface area contributed by atoms with Crippen LogP contribution in [0.4, 0.5) is 10.5 Å². The highest BCUT2D eigenvalue weighted by atomic mass is 127. The number of amides is 3. The summed E-state index contributed by atoms with van der Waals surface area (Å²) in [4.78, 5) is 26.3. The quantitative estimate of drug-likeness (QED) is 0.181. The van der Waals surface area contributed by atoms with Gasteiger partial charge in [0.25, 0.3) is 5.91 Å². The second-order valence-corrected chi connectivity index (χ2v) is 9.97. The van der Waals surface area contributed by atoms with Crippen LogP contribution >= 0.6 is 68.4 Å². The van der Waals surface area contributed by atoms with E-state index in [0.29, 0.717) is 28.1 Å². The molecule has 0 saturated carbocycles. The zero-order valence-corrected chi connectivity index (χ0v) is 22.1. The first-order valence-corrected chi connectivity index (χ1v) is 12.2. The fourth-order valence-corrected chi connectivity index (χ4v) is 5.69. The zero-order valence-electron chi connectivity index (χ0n) is 16.2. The number of rotatable bonds is 5. The molecule has 5 nitrogen and oxygen atoms in total. The van der Waals surface area contributed by atoms with Crippen LogP contribution < -0.4 is 15.0 Å². The second kappa shape index (κ2) is 9.98. The summed E-state index contributed by atoms with van der Waals surface area (Å²) in [6.07, 6.45) is 1.66. The summed E-state index contributed by atoms with van der Waals surface area (Å²) >= 11 is 16.5. The largest absolute Gasteiger partial charge is 0.487 e. The Kier molecular flexibility index (Phi) is 7.28. The average molecular weight is 691 g/mol. The normalized spacial score (nSPS) is 14.8. The van der Waals surface area contributed by atoms with E-state index < -0.39 is 11.9 Å². The van der Waals surface area contributed by atoms with E-state index in [1.54, 1.807) is 42.5 Å². The van der Waals surface area contributed by atoms with Gasteiger partial charge in [-0.1, -0.05) is 47.5 Å². The minimum absolute atomic E-state index is 0.215. The SMILES string of the molecule is O=C1N/C(=C/c2cc(I)c(OCc3ccc(Cl)cc3Cl)c(I)c2)C(=O)N1c1ccccc1. The summed E-state index contributed by atoms with van der Waals surface area (Å²) in [6, 6.07) is 17.4. The number of carbonyl (C=O) groups excluding carboxylic acids is 2. The molecule has 0 radical (unpaired) electrons. The van der Waals surface area contributed by atoms with Gasteiger partial charge in [0.05, 0.1) is 12.8 Å². The molecule has 1 N–H and O–H groups in total. The predicted octanol–water partition coefficient (Wildman–Crippen LogP) is 6.88. The Morgan fingerprint density at radius 2 is 1.66 bits per heavy atom. The van der Waals surface area contributed by atoms with E-state index >= 15 is 0 Å². The Labute approximate surface area is 222 Å². The first-order valence-electron chi connectivity index (χ1n) is 9.31. The first-order chi connectivity index (χ1) is 15.3. The van der Waals surface area contributed by atoms with Crippen LogP contribution in [-0.4, -0.2) is 11.9 Å². The van der Waals surface area contributed by atoms with Crippen molar-refractivity contribution in [1.82, 2.24) is 5.32 Å². The van der Waals surface area contributed by atoms with Gasteiger partial charge in [-0.25, -0.2) is 9.69 Å². The fourth-order valence-electron chi connectivity index (χ4n) is 3.10. The maximum atomic E-state index is 12.8. The molecular formula is C23H14Cl2I2N2O3. The van der Waals surface area contributed by atoms with Gasteiger partial charge in [0.15, 0.2) is 0 Å². The summed E-state index contributed by atoms with van der Waals surface area (Å²) in [5, 5.41) is 3.76. The van der Waals surface area contributed by atoms with Gasteiger partial charge < -0.3 is 10.1 Å². The lowest BCUT2D eigenvalue weighted by molar-refractivity contribution is -0.113. The number of carbonyl (C=O) groups is 2. The number of nitrogens with zero attached hydrogens (tertiary/aromatic N) is 1. The van der Waals surface area contributed by atoms with Gasteiger partial charge in [0.1, 0.15) is 18.1 Å². The fraction of sp³-hybridized carbons (Fsp3) is 0.0435. The maximum Gasteiger partial charge on any atom is 0.333 e.